The fourth-order valence-electron chi connectivity index (χ4n) is 1.88. The molecule has 0 saturated heterocycles. The summed E-state index contributed by atoms with van der Waals surface area (Å²) < 4.78 is 0. The van der Waals surface area contributed by atoms with E-state index in [0.717, 1.165) is 16.8 Å². The highest BCUT2D eigenvalue weighted by Gasteiger charge is 2.10. The predicted octanol–water partition coefficient (Wildman–Crippen LogP) is 2.84. The second kappa shape index (κ2) is 5.06. The Bertz CT molecular complexity index is 618. The van der Waals surface area contributed by atoms with Crippen LogP contribution in [0, 0.1) is 20.8 Å². The smallest absolute Gasteiger partial charge is 0.354 e. The van der Waals surface area contributed by atoms with E-state index < -0.39 is 5.97 Å². The quantitative estimate of drug-likeness (QED) is 0.884. The Hall–Kier alpha value is -2.43. The number of carboxylic acid groups (broad SMARTS) is 1. The van der Waals surface area contributed by atoms with E-state index in [4.69, 9.17) is 5.11 Å². The van der Waals surface area contributed by atoms with Gasteiger partial charge in [-0.15, -0.1) is 0 Å². The summed E-state index contributed by atoms with van der Waals surface area (Å²) in [6, 6.07) is 7.38. The number of hydrogen-bond acceptors (Lipinski definition) is 4. The first kappa shape index (κ1) is 13.0. The van der Waals surface area contributed by atoms with Gasteiger partial charge in [-0.3, -0.25) is 0 Å². The van der Waals surface area contributed by atoms with Crippen molar-refractivity contribution in [2.24, 2.45) is 0 Å². The molecule has 1 aromatic carbocycles. The minimum atomic E-state index is -1.06. The summed E-state index contributed by atoms with van der Waals surface area (Å²) in [5.74, 6) is -0.147. The van der Waals surface area contributed by atoms with Crippen LogP contribution in [0.4, 0.5) is 11.5 Å². The van der Waals surface area contributed by atoms with Gasteiger partial charge in [0.1, 0.15) is 11.6 Å². The van der Waals surface area contributed by atoms with Gasteiger partial charge in [-0.25, -0.2) is 14.8 Å². The Balaban J connectivity index is 2.41. The molecule has 0 radical (unpaired) electrons. The molecule has 2 aromatic rings. The number of carbonyl (C=O) groups is 1. The van der Waals surface area contributed by atoms with Gasteiger partial charge in [-0.2, -0.15) is 0 Å². The van der Waals surface area contributed by atoms with Gasteiger partial charge in [0.25, 0.3) is 0 Å². The van der Waals surface area contributed by atoms with Crippen molar-refractivity contribution in [3.8, 4) is 0 Å². The lowest BCUT2D eigenvalue weighted by atomic mass is 10.1. The largest absolute Gasteiger partial charge is 0.477 e. The average molecular weight is 257 g/mol. The summed E-state index contributed by atoms with van der Waals surface area (Å²) in [5.41, 5.74) is 3.08. The number of benzene rings is 1. The summed E-state index contributed by atoms with van der Waals surface area (Å²) in [7, 11) is 0. The van der Waals surface area contributed by atoms with Gasteiger partial charge in [-0.1, -0.05) is 18.2 Å². The third-order valence-electron chi connectivity index (χ3n) is 2.79. The molecule has 0 unspecified atom stereocenters. The van der Waals surface area contributed by atoms with E-state index >= 15 is 0 Å². The monoisotopic (exact) mass is 257 g/mol. The molecule has 0 aliphatic carbocycles. The molecule has 19 heavy (non-hydrogen) atoms. The van der Waals surface area contributed by atoms with Crippen LogP contribution >= 0.6 is 0 Å². The van der Waals surface area contributed by atoms with E-state index in [1.54, 1.807) is 6.92 Å². The van der Waals surface area contributed by atoms with Crippen LogP contribution < -0.4 is 5.32 Å². The molecule has 0 amide bonds. The van der Waals surface area contributed by atoms with E-state index in [1.165, 1.54) is 6.07 Å². The van der Waals surface area contributed by atoms with Gasteiger partial charge < -0.3 is 10.4 Å². The molecule has 0 atom stereocenters. The Morgan fingerprint density at radius 1 is 1.16 bits per heavy atom. The Morgan fingerprint density at radius 3 is 2.37 bits per heavy atom. The molecule has 5 nitrogen and oxygen atoms in total. The number of anilines is 2. The number of aromatic nitrogens is 2. The van der Waals surface area contributed by atoms with Crippen molar-refractivity contribution in [1.82, 2.24) is 9.97 Å². The SMILES string of the molecule is Cc1nc(Nc2c(C)cccc2C)cc(C(=O)O)n1. The maximum atomic E-state index is 11.0. The lowest BCUT2D eigenvalue weighted by Gasteiger charge is -2.12. The Kier molecular flexibility index (Phi) is 3.46. The van der Waals surface area contributed by atoms with Gasteiger partial charge >= 0.3 is 5.97 Å². The normalized spacial score (nSPS) is 10.3. The first-order valence-electron chi connectivity index (χ1n) is 5.89. The van der Waals surface area contributed by atoms with E-state index in [9.17, 15) is 4.79 Å². The van der Waals surface area contributed by atoms with Crippen molar-refractivity contribution in [3.63, 3.8) is 0 Å². The Morgan fingerprint density at radius 2 is 1.79 bits per heavy atom. The standard InChI is InChI=1S/C14H15N3O2/c1-8-5-4-6-9(2)13(8)17-12-7-11(14(18)19)15-10(3)16-12/h4-7H,1-3H3,(H,18,19)(H,15,16,17). The van der Waals surface area contributed by atoms with Gasteiger partial charge in [0.15, 0.2) is 5.69 Å². The van der Waals surface area contributed by atoms with Crippen LogP contribution in [-0.4, -0.2) is 21.0 Å². The average Bonchev–Trinajstić information content (AvgIpc) is 2.33. The minimum absolute atomic E-state index is 0.0127. The van der Waals surface area contributed by atoms with Crippen LogP contribution in [0.15, 0.2) is 24.3 Å². The van der Waals surface area contributed by atoms with Crippen molar-refractivity contribution in [2.45, 2.75) is 20.8 Å². The molecule has 2 rings (SSSR count). The fourth-order valence-corrected chi connectivity index (χ4v) is 1.88. The highest BCUT2D eigenvalue weighted by Crippen LogP contribution is 2.23. The first-order valence-corrected chi connectivity index (χ1v) is 5.89. The lowest BCUT2D eigenvalue weighted by Crippen LogP contribution is -2.06. The molecule has 1 heterocycles. The third kappa shape index (κ3) is 2.88. The van der Waals surface area contributed by atoms with Crippen molar-refractivity contribution in [2.75, 3.05) is 5.32 Å². The second-order valence-electron chi connectivity index (χ2n) is 4.38. The topological polar surface area (TPSA) is 75.1 Å². The number of hydrogen-bond donors (Lipinski definition) is 2. The highest BCUT2D eigenvalue weighted by atomic mass is 16.4. The number of carboxylic acids is 1. The third-order valence-corrected chi connectivity index (χ3v) is 2.79. The van der Waals surface area contributed by atoms with Crippen molar-refractivity contribution < 1.29 is 9.90 Å². The van der Waals surface area contributed by atoms with Crippen LogP contribution in [0.3, 0.4) is 0 Å². The molecule has 0 aliphatic rings. The van der Waals surface area contributed by atoms with Crippen LogP contribution in [0.25, 0.3) is 0 Å². The first-order chi connectivity index (χ1) is 8.97. The fraction of sp³-hybridized carbons (Fsp3) is 0.214. The van der Waals surface area contributed by atoms with Crippen molar-refractivity contribution in [1.29, 1.82) is 0 Å². The molecular weight excluding hydrogens is 242 g/mol. The number of rotatable bonds is 3. The van der Waals surface area contributed by atoms with Gasteiger partial charge in [0.05, 0.1) is 0 Å². The molecule has 1 aromatic heterocycles. The molecule has 0 fully saturated rings. The summed E-state index contributed by atoms with van der Waals surface area (Å²) in [4.78, 5) is 19.1. The maximum absolute atomic E-state index is 11.0. The van der Waals surface area contributed by atoms with Crippen LogP contribution in [-0.2, 0) is 0 Å². The number of aromatic carboxylic acids is 1. The zero-order valence-corrected chi connectivity index (χ0v) is 11.1. The van der Waals surface area contributed by atoms with Crippen LogP contribution in [0.5, 0.6) is 0 Å². The van der Waals surface area contributed by atoms with Gasteiger partial charge in [0, 0.05) is 11.8 Å². The molecule has 2 N–H and O–H groups in total. The summed E-state index contributed by atoms with van der Waals surface area (Å²) in [5, 5.41) is 12.2. The van der Waals surface area contributed by atoms with Gasteiger partial charge in [0.2, 0.25) is 0 Å². The molecule has 98 valence electrons. The van der Waals surface area contributed by atoms with E-state index in [1.807, 2.05) is 32.0 Å². The molecule has 0 saturated carbocycles. The molecular formula is C14H15N3O2. The summed E-state index contributed by atoms with van der Waals surface area (Å²) in [6.45, 7) is 5.64. The predicted molar refractivity (Wildman–Crippen MR) is 72.9 cm³/mol. The molecule has 5 heteroatoms. The molecule has 0 bridgehead atoms. The Labute approximate surface area is 111 Å². The number of para-hydroxylation sites is 1. The summed E-state index contributed by atoms with van der Waals surface area (Å²) in [6.07, 6.45) is 0. The number of nitrogens with one attached hydrogen (secondary N) is 1. The molecule has 0 spiro atoms. The van der Waals surface area contributed by atoms with Crippen LogP contribution in [0.1, 0.15) is 27.4 Å². The second-order valence-corrected chi connectivity index (χ2v) is 4.38. The zero-order chi connectivity index (χ0) is 14.0. The minimum Gasteiger partial charge on any atom is -0.477 e. The zero-order valence-electron chi connectivity index (χ0n) is 11.1. The van der Waals surface area contributed by atoms with E-state index in [-0.39, 0.29) is 5.69 Å². The van der Waals surface area contributed by atoms with Crippen molar-refractivity contribution in [3.05, 3.63) is 46.9 Å². The van der Waals surface area contributed by atoms with E-state index in [2.05, 4.69) is 15.3 Å². The lowest BCUT2D eigenvalue weighted by molar-refractivity contribution is 0.0690. The maximum Gasteiger partial charge on any atom is 0.354 e. The molecule has 0 aliphatic heterocycles. The van der Waals surface area contributed by atoms with Gasteiger partial charge in [-0.05, 0) is 31.9 Å². The van der Waals surface area contributed by atoms with E-state index in [0.29, 0.717) is 11.6 Å². The summed E-state index contributed by atoms with van der Waals surface area (Å²) >= 11 is 0. The van der Waals surface area contributed by atoms with Crippen molar-refractivity contribution >= 4 is 17.5 Å². The number of nitrogens with zero attached hydrogens (tertiary/aromatic N) is 2. The highest BCUT2D eigenvalue weighted by molar-refractivity contribution is 5.86. The van der Waals surface area contributed by atoms with Crippen LogP contribution in [0.2, 0.25) is 0 Å². The number of aryl methyl sites for hydroxylation is 3.